The molecule has 26 heavy (non-hydrogen) atoms. The van der Waals surface area contributed by atoms with Crippen molar-refractivity contribution in [3.05, 3.63) is 59.2 Å². The Labute approximate surface area is 150 Å². The third-order valence-electron chi connectivity index (χ3n) is 5.26. The average Bonchev–Trinajstić information content (AvgIpc) is 2.59. The van der Waals surface area contributed by atoms with Crippen LogP contribution in [0, 0.1) is 6.92 Å². The smallest absolute Gasteiger partial charge is 0.294 e. The maximum atomic E-state index is 13.2. The molecule has 4 nitrogen and oxygen atoms in total. The van der Waals surface area contributed by atoms with Gasteiger partial charge in [-0.1, -0.05) is 12.1 Å². The van der Waals surface area contributed by atoms with Crippen LogP contribution in [0.2, 0.25) is 0 Å². The van der Waals surface area contributed by atoms with Crippen LogP contribution in [0.3, 0.4) is 0 Å². The molecule has 7 heteroatoms. The number of nitrogens with zero attached hydrogens (tertiary/aromatic N) is 4. The minimum Gasteiger partial charge on any atom is -0.294 e. The van der Waals surface area contributed by atoms with Gasteiger partial charge in [0.2, 0.25) is 0 Å². The number of hydrogen-bond donors (Lipinski definition) is 0. The number of aryl methyl sites for hydroxylation is 1. The summed E-state index contributed by atoms with van der Waals surface area (Å²) in [6.07, 6.45) is -2.14. The summed E-state index contributed by atoms with van der Waals surface area (Å²) in [7, 11) is 0. The highest BCUT2D eigenvalue weighted by Crippen LogP contribution is 2.37. The Bertz CT molecular complexity index is 780. The molecule has 0 saturated carbocycles. The minimum absolute atomic E-state index is 0.267. The largest absolute Gasteiger partial charge is 0.433 e. The first-order valence-corrected chi connectivity index (χ1v) is 8.82. The molecule has 2 aromatic heterocycles. The van der Waals surface area contributed by atoms with Crippen LogP contribution in [0.25, 0.3) is 0 Å². The number of pyridine rings is 2. The van der Waals surface area contributed by atoms with Crippen LogP contribution in [-0.4, -0.2) is 44.9 Å². The van der Waals surface area contributed by atoms with Crippen molar-refractivity contribution in [3.63, 3.8) is 0 Å². The third kappa shape index (κ3) is 3.46. The second-order valence-electron chi connectivity index (χ2n) is 7.19. The van der Waals surface area contributed by atoms with E-state index in [1.165, 1.54) is 12.3 Å². The number of rotatable bonds is 4. The summed E-state index contributed by atoms with van der Waals surface area (Å²) in [6, 6.07) is 9.74. The molecule has 0 amide bonds. The first-order chi connectivity index (χ1) is 12.4. The SMILES string of the molecule is Cc1cccc(CN2CC3CC(C2)N3Cc2cccnc2C(F)(F)F)n1. The summed E-state index contributed by atoms with van der Waals surface area (Å²) in [5.41, 5.74) is 1.56. The molecule has 0 spiro atoms. The normalized spacial score (nSPS) is 23.7. The number of piperidine rings is 1. The maximum Gasteiger partial charge on any atom is 0.433 e. The van der Waals surface area contributed by atoms with E-state index in [4.69, 9.17) is 0 Å². The zero-order valence-electron chi connectivity index (χ0n) is 14.6. The van der Waals surface area contributed by atoms with E-state index in [0.29, 0.717) is 18.6 Å². The highest BCUT2D eigenvalue weighted by atomic mass is 19.4. The molecule has 2 atom stereocenters. The van der Waals surface area contributed by atoms with Crippen LogP contribution < -0.4 is 0 Å². The van der Waals surface area contributed by atoms with Gasteiger partial charge in [0, 0.05) is 50.2 Å². The lowest BCUT2D eigenvalue weighted by Gasteiger charge is -2.56. The molecule has 0 radical (unpaired) electrons. The van der Waals surface area contributed by atoms with Crippen molar-refractivity contribution in [2.75, 3.05) is 13.1 Å². The van der Waals surface area contributed by atoms with Gasteiger partial charge in [0.25, 0.3) is 0 Å². The molecule has 3 saturated heterocycles. The molecule has 2 aromatic rings. The van der Waals surface area contributed by atoms with Gasteiger partial charge in [0.05, 0.1) is 5.69 Å². The predicted molar refractivity (Wildman–Crippen MR) is 91.2 cm³/mol. The predicted octanol–water partition coefficient (Wildman–Crippen LogP) is 3.26. The molecule has 138 valence electrons. The van der Waals surface area contributed by atoms with Gasteiger partial charge in [0.15, 0.2) is 0 Å². The zero-order valence-corrected chi connectivity index (χ0v) is 14.6. The molecule has 5 heterocycles. The lowest BCUT2D eigenvalue weighted by atomic mass is 9.86. The van der Waals surface area contributed by atoms with Crippen molar-refractivity contribution in [1.29, 1.82) is 0 Å². The summed E-state index contributed by atoms with van der Waals surface area (Å²) in [5, 5.41) is 0. The summed E-state index contributed by atoms with van der Waals surface area (Å²) in [6.45, 7) is 4.82. The summed E-state index contributed by atoms with van der Waals surface area (Å²) in [5.74, 6) is 0. The second kappa shape index (κ2) is 6.63. The highest BCUT2D eigenvalue weighted by Gasteiger charge is 2.45. The van der Waals surface area contributed by atoms with Crippen LogP contribution in [0.15, 0.2) is 36.5 Å². The van der Waals surface area contributed by atoms with Gasteiger partial charge in [0.1, 0.15) is 5.69 Å². The summed E-state index contributed by atoms with van der Waals surface area (Å²) in [4.78, 5) is 12.6. The van der Waals surface area contributed by atoms with E-state index >= 15 is 0 Å². The number of aromatic nitrogens is 2. The number of halogens is 3. The van der Waals surface area contributed by atoms with Crippen molar-refractivity contribution in [2.45, 2.75) is 44.7 Å². The Balaban J connectivity index is 1.41. The van der Waals surface area contributed by atoms with Gasteiger partial charge in [-0.25, -0.2) is 0 Å². The Hall–Kier alpha value is -1.99. The van der Waals surface area contributed by atoms with Crippen molar-refractivity contribution in [1.82, 2.24) is 19.8 Å². The lowest BCUT2D eigenvalue weighted by Crippen LogP contribution is -2.67. The summed E-state index contributed by atoms with van der Waals surface area (Å²) >= 11 is 0. The molecule has 3 aliphatic rings. The van der Waals surface area contributed by atoms with E-state index < -0.39 is 11.9 Å². The average molecular weight is 362 g/mol. The van der Waals surface area contributed by atoms with E-state index in [-0.39, 0.29) is 5.56 Å². The first kappa shape index (κ1) is 17.4. The Morgan fingerprint density at radius 3 is 2.54 bits per heavy atom. The molecule has 3 fully saturated rings. The van der Waals surface area contributed by atoms with E-state index in [2.05, 4.69) is 19.8 Å². The standard InChI is InChI=1S/C19H21F3N4/c1-13-4-2-6-15(24-13)10-25-11-16-8-17(12-25)26(16)9-14-5-3-7-23-18(14)19(20,21)22/h2-7,16-17H,8-12H2,1H3. The fourth-order valence-electron chi connectivity index (χ4n) is 4.10. The van der Waals surface area contributed by atoms with Gasteiger partial charge in [-0.05, 0) is 37.1 Å². The molecule has 3 aliphatic heterocycles. The van der Waals surface area contributed by atoms with Crippen molar-refractivity contribution < 1.29 is 13.2 Å². The van der Waals surface area contributed by atoms with Crippen LogP contribution in [0.4, 0.5) is 13.2 Å². The number of hydrogen-bond acceptors (Lipinski definition) is 4. The molecule has 0 aromatic carbocycles. The fraction of sp³-hybridized carbons (Fsp3) is 0.474. The van der Waals surface area contributed by atoms with Gasteiger partial charge in [-0.15, -0.1) is 0 Å². The van der Waals surface area contributed by atoms with Gasteiger partial charge in [-0.2, -0.15) is 13.2 Å². The highest BCUT2D eigenvalue weighted by molar-refractivity contribution is 5.23. The molecule has 2 bridgehead atoms. The van der Waals surface area contributed by atoms with Crippen LogP contribution in [0.5, 0.6) is 0 Å². The third-order valence-corrected chi connectivity index (χ3v) is 5.26. The minimum atomic E-state index is -4.40. The van der Waals surface area contributed by atoms with Crippen molar-refractivity contribution >= 4 is 0 Å². The second-order valence-corrected chi connectivity index (χ2v) is 7.19. The molecular weight excluding hydrogens is 341 g/mol. The monoisotopic (exact) mass is 362 g/mol. The van der Waals surface area contributed by atoms with Crippen LogP contribution in [0.1, 0.15) is 29.1 Å². The number of alkyl halides is 3. The van der Waals surface area contributed by atoms with Crippen molar-refractivity contribution in [3.8, 4) is 0 Å². The van der Waals surface area contributed by atoms with Gasteiger partial charge in [-0.3, -0.25) is 19.8 Å². The Morgan fingerprint density at radius 2 is 1.85 bits per heavy atom. The van der Waals surface area contributed by atoms with E-state index in [0.717, 1.165) is 37.4 Å². The first-order valence-electron chi connectivity index (χ1n) is 8.82. The maximum absolute atomic E-state index is 13.2. The zero-order chi connectivity index (χ0) is 18.3. The topological polar surface area (TPSA) is 32.3 Å². The van der Waals surface area contributed by atoms with E-state index in [1.807, 2.05) is 25.1 Å². The molecular formula is C19H21F3N4. The quantitative estimate of drug-likeness (QED) is 0.836. The van der Waals surface area contributed by atoms with Gasteiger partial charge >= 0.3 is 6.18 Å². The fourth-order valence-corrected chi connectivity index (χ4v) is 4.10. The number of fused-ring (bicyclic) bond motifs is 2. The molecule has 5 rings (SSSR count). The van der Waals surface area contributed by atoms with E-state index in [1.54, 1.807) is 6.07 Å². The van der Waals surface area contributed by atoms with Crippen LogP contribution in [-0.2, 0) is 19.3 Å². The van der Waals surface area contributed by atoms with Gasteiger partial charge < -0.3 is 0 Å². The molecule has 0 N–H and O–H groups in total. The molecule has 0 aliphatic carbocycles. The van der Waals surface area contributed by atoms with Crippen molar-refractivity contribution in [2.24, 2.45) is 0 Å². The Morgan fingerprint density at radius 1 is 1.08 bits per heavy atom. The van der Waals surface area contributed by atoms with Crippen LogP contribution >= 0.6 is 0 Å². The number of piperazine rings is 1. The lowest BCUT2D eigenvalue weighted by molar-refractivity contribution is -0.143. The summed E-state index contributed by atoms with van der Waals surface area (Å²) < 4.78 is 39.5. The van der Waals surface area contributed by atoms with E-state index in [9.17, 15) is 13.2 Å². The molecule has 2 unspecified atom stereocenters. The Kier molecular flexibility index (Phi) is 4.44.